The van der Waals surface area contributed by atoms with Crippen LogP contribution in [0.3, 0.4) is 0 Å². The number of fused-ring (bicyclic) bond motifs is 1. The smallest absolute Gasteiger partial charge is 0.133 e. The van der Waals surface area contributed by atoms with E-state index in [1.54, 1.807) is 12.1 Å². The van der Waals surface area contributed by atoms with Gasteiger partial charge < -0.3 is 0 Å². The van der Waals surface area contributed by atoms with Crippen molar-refractivity contribution >= 4 is 10.8 Å². The second-order valence-corrected chi connectivity index (χ2v) is 3.11. The first-order valence-corrected chi connectivity index (χ1v) is 4.02. The molecule has 0 aromatic heterocycles. The molecule has 0 saturated carbocycles. The van der Waals surface area contributed by atoms with Crippen LogP contribution in [0.5, 0.6) is 0 Å². The molecule has 0 saturated heterocycles. The van der Waals surface area contributed by atoms with E-state index in [1.165, 1.54) is 6.07 Å². The van der Waals surface area contributed by atoms with Crippen LogP contribution < -0.4 is 0 Å². The molecule has 2 rings (SSSR count). The summed E-state index contributed by atoms with van der Waals surface area (Å²) in [6.45, 7) is 1.89. The highest BCUT2D eigenvalue weighted by molar-refractivity contribution is 5.83. The minimum Gasteiger partial charge on any atom is -0.207 e. The molecule has 0 aliphatic carbocycles. The number of hydrogen-bond donors (Lipinski definition) is 0. The lowest BCUT2D eigenvalue weighted by molar-refractivity contribution is 0.592. The SMILES string of the molecule is Cc1ccc2c(F)cc(F)cc2c1. The van der Waals surface area contributed by atoms with Gasteiger partial charge in [-0.2, -0.15) is 0 Å². The van der Waals surface area contributed by atoms with E-state index < -0.39 is 11.6 Å². The van der Waals surface area contributed by atoms with Crippen molar-refractivity contribution in [3.05, 3.63) is 47.5 Å². The Bertz CT molecular complexity index is 456. The van der Waals surface area contributed by atoms with Crippen LogP contribution in [0.4, 0.5) is 8.78 Å². The van der Waals surface area contributed by atoms with E-state index in [1.807, 2.05) is 13.0 Å². The van der Waals surface area contributed by atoms with E-state index in [0.29, 0.717) is 10.8 Å². The first kappa shape index (κ1) is 8.17. The van der Waals surface area contributed by atoms with Crippen LogP contribution in [0.2, 0.25) is 0 Å². The minimum absolute atomic E-state index is 0.465. The molecule has 0 atom stereocenters. The van der Waals surface area contributed by atoms with Crippen LogP contribution in [0.15, 0.2) is 30.3 Å². The predicted molar refractivity (Wildman–Crippen MR) is 48.6 cm³/mol. The maximum atomic E-state index is 13.1. The molecule has 0 unspecified atom stereocenters. The van der Waals surface area contributed by atoms with Crippen molar-refractivity contribution in [1.29, 1.82) is 0 Å². The Morgan fingerprint density at radius 2 is 1.77 bits per heavy atom. The molecule has 0 radical (unpaired) electrons. The molecule has 0 spiro atoms. The molecule has 0 amide bonds. The predicted octanol–water partition coefficient (Wildman–Crippen LogP) is 3.43. The first-order valence-electron chi connectivity index (χ1n) is 4.02. The van der Waals surface area contributed by atoms with Gasteiger partial charge in [-0.05, 0) is 18.4 Å². The van der Waals surface area contributed by atoms with Crippen molar-refractivity contribution < 1.29 is 8.78 Å². The summed E-state index contributed by atoms with van der Waals surface area (Å²) in [5.74, 6) is -1.04. The lowest BCUT2D eigenvalue weighted by Crippen LogP contribution is -1.83. The lowest BCUT2D eigenvalue weighted by atomic mass is 10.1. The molecule has 0 N–H and O–H groups in total. The topological polar surface area (TPSA) is 0 Å². The van der Waals surface area contributed by atoms with Crippen molar-refractivity contribution in [2.24, 2.45) is 0 Å². The Labute approximate surface area is 74.8 Å². The summed E-state index contributed by atoms with van der Waals surface area (Å²) in [6, 6.07) is 7.48. The molecule has 0 nitrogen and oxygen atoms in total. The molecule has 0 aliphatic rings. The third kappa shape index (κ3) is 1.39. The van der Waals surface area contributed by atoms with Gasteiger partial charge in [0.25, 0.3) is 0 Å². The van der Waals surface area contributed by atoms with Crippen LogP contribution in [0.1, 0.15) is 5.56 Å². The van der Waals surface area contributed by atoms with Gasteiger partial charge in [-0.15, -0.1) is 0 Å². The van der Waals surface area contributed by atoms with Gasteiger partial charge >= 0.3 is 0 Å². The normalized spacial score (nSPS) is 10.7. The maximum absolute atomic E-state index is 13.1. The van der Waals surface area contributed by atoms with Crippen LogP contribution in [0, 0.1) is 18.6 Å². The van der Waals surface area contributed by atoms with Crippen LogP contribution in [-0.2, 0) is 0 Å². The number of halogens is 2. The van der Waals surface area contributed by atoms with Crippen molar-refractivity contribution in [2.45, 2.75) is 6.92 Å². The zero-order valence-electron chi connectivity index (χ0n) is 7.14. The maximum Gasteiger partial charge on any atom is 0.133 e. The zero-order chi connectivity index (χ0) is 9.42. The molecule has 0 aliphatic heterocycles. The second kappa shape index (κ2) is 2.80. The third-order valence-corrected chi connectivity index (χ3v) is 2.02. The molecular weight excluding hydrogens is 170 g/mol. The minimum atomic E-state index is -0.532. The largest absolute Gasteiger partial charge is 0.207 e. The third-order valence-electron chi connectivity index (χ3n) is 2.02. The molecule has 0 heterocycles. The van der Waals surface area contributed by atoms with Crippen molar-refractivity contribution in [3.8, 4) is 0 Å². The van der Waals surface area contributed by atoms with Gasteiger partial charge in [-0.25, -0.2) is 8.78 Å². The summed E-state index contributed by atoms with van der Waals surface area (Å²) in [7, 11) is 0. The van der Waals surface area contributed by atoms with Gasteiger partial charge in [0, 0.05) is 11.5 Å². The Morgan fingerprint density at radius 3 is 2.54 bits per heavy atom. The molecule has 0 fully saturated rings. The van der Waals surface area contributed by atoms with Gasteiger partial charge in [0.1, 0.15) is 11.6 Å². The van der Waals surface area contributed by atoms with E-state index >= 15 is 0 Å². The van der Waals surface area contributed by atoms with E-state index in [0.717, 1.165) is 11.6 Å². The van der Waals surface area contributed by atoms with Gasteiger partial charge in [-0.1, -0.05) is 23.8 Å². The van der Waals surface area contributed by atoms with Crippen molar-refractivity contribution in [3.63, 3.8) is 0 Å². The number of benzene rings is 2. The van der Waals surface area contributed by atoms with Gasteiger partial charge in [-0.3, -0.25) is 0 Å². The Kier molecular flexibility index (Phi) is 1.76. The molecule has 13 heavy (non-hydrogen) atoms. The summed E-state index contributed by atoms with van der Waals surface area (Å²) in [5, 5.41) is 1.07. The monoisotopic (exact) mass is 178 g/mol. The number of rotatable bonds is 0. The summed E-state index contributed by atoms with van der Waals surface area (Å²) in [5.41, 5.74) is 0.998. The van der Waals surface area contributed by atoms with E-state index in [9.17, 15) is 8.78 Å². The highest BCUT2D eigenvalue weighted by Crippen LogP contribution is 2.20. The highest BCUT2D eigenvalue weighted by Gasteiger charge is 2.02. The number of aryl methyl sites for hydroxylation is 1. The standard InChI is InChI=1S/C11H8F2/c1-7-2-3-10-8(4-7)5-9(12)6-11(10)13/h2-6H,1H3. The average Bonchev–Trinajstić information content (AvgIpc) is 2.02. The summed E-state index contributed by atoms with van der Waals surface area (Å²) < 4.78 is 25.9. The van der Waals surface area contributed by atoms with Crippen LogP contribution >= 0.6 is 0 Å². The highest BCUT2D eigenvalue weighted by atomic mass is 19.1. The van der Waals surface area contributed by atoms with E-state index in [-0.39, 0.29) is 0 Å². The van der Waals surface area contributed by atoms with Gasteiger partial charge in [0.05, 0.1) is 0 Å². The quantitative estimate of drug-likeness (QED) is 0.579. The van der Waals surface area contributed by atoms with Crippen LogP contribution in [-0.4, -0.2) is 0 Å². The molecular formula is C11H8F2. The van der Waals surface area contributed by atoms with Crippen LogP contribution in [0.25, 0.3) is 10.8 Å². The van der Waals surface area contributed by atoms with Gasteiger partial charge in [0.2, 0.25) is 0 Å². The summed E-state index contributed by atoms with van der Waals surface area (Å²) in [6.07, 6.45) is 0. The molecule has 66 valence electrons. The summed E-state index contributed by atoms with van der Waals surface area (Å²) >= 11 is 0. The lowest BCUT2D eigenvalue weighted by Gasteiger charge is -2.00. The Morgan fingerprint density at radius 1 is 1.00 bits per heavy atom. The molecule has 0 bridgehead atoms. The average molecular weight is 178 g/mol. The molecule has 2 heteroatoms. The Hall–Kier alpha value is -1.44. The summed E-state index contributed by atoms with van der Waals surface area (Å²) in [4.78, 5) is 0. The fourth-order valence-corrected chi connectivity index (χ4v) is 1.41. The molecule has 2 aromatic carbocycles. The van der Waals surface area contributed by atoms with E-state index in [4.69, 9.17) is 0 Å². The first-order chi connectivity index (χ1) is 6.16. The fourth-order valence-electron chi connectivity index (χ4n) is 1.41. The molecule has 2 aromatic rings. The van der Waals surface area contributed by atoms with Crippen molar-refractivity contribution in [1.82, 2.24) is 0 Å². The fraction of sp³-hybridized carbons (Fsp3) is 0.0909. The Balaban J connectivity index is 2.86. The second-order valence-electron chi connectivity index (χ2n) is 3.11. The van der Waals surface area contributed by atoms with Crippen molar-refractivity contribution in [2.75, 3.05) is 0 Å². The number of hydrogen-bond acceptors (Lipinski definition) is 0. The van der Waals surface area contributed by atoms with E-state index in [2.05, 4.69) is 0 Å². The van der Waals surface area contributed by atoms with Gasteiger partial charge in [0.15, 0.2) is 0 Å². The zero-order valence-corrected chi connectivity index (χ0v) is 7.14.